The van der Waals surface area contributed by atoms with Gasteiger partial charge in [0, 0.05) is 19.2 Å². The second-order valence-corrected chi connectivity index (χ2v) is 10.4. The number of phosphoric ester groups is 1. The molecule has 1 saturated heterocycles. The fourth-order valence-electron chi connectivity index (χ4n) is 3.65. The van der Waals surface area contributed by atoms with Crippen LogP contribution in [0.1, 0.15) is 23.0 Å². The van der Waals surface area contributed by atoms with Gasteiger partial charge in [-0.1, -0.05) is 12.1 Å². The van der Waals surface area contributed by atoms with Crippen LogP contribution in [-0.4, -0.2) is 66.0 Å². The van der Waals surface area contributed by atoms with E-state index in [9.17, 15) is 18.8 Å². The number of phosphoric acid groups is 2. The number of para-hydroxylation sites is 1. The van der Waals surface area contributed by atoms with E-state index in [0.717, 1.165) is 0 Å². The molecule has 1 aromatic carbocycles. The second kappa shape index (κ2) is 10.2. The standard InChI is InChI=1S/C18H22N6O10P2/c1-20-12-5-3-2-4-11(12)18(25)33-13-6-10(7-31-36(29,30)34-35(26,27)28)32-17(13)24-9-23-14-15(19)21-8-22-16(14)24/h2-5,8-10,13,17,20H,6-7H2,1H3,(H,29,30)(H2,19,21,22)(H2,26,27,28)/t10-,13+,17+/m0/s1. The number of benzene rings is 1. The maximum absolute atomic E-state index is 13.0. The van der Waals surface area contributed by atoms with Gasteiger partial charge >= 0.3 is 21.6 Å². The van der Waals surface area contributed by atoms with E-state index < -0.39 is 46.7 Å². The van der Waals surface area contributed by atoms with Crippen molar-refractivity contribution in [2.45, 2.75) is 24.9 Å². The first-order valence-electron chi connectivity index (χ1n) is 10.3. The SMILES string of the molecule is CNc1ccccc1C(=O)O[C@@H]1C[C@@H](COP(=O)(O)OP(=O)(O)O)O[C@H]1n1cnc2c(N)ncnc21. The van der Waals surface area contributed by atoms with Gasteiger partial charge in [0.05, 0.1) is 24.6 Å². The zero-order valence-electron chi connectivity index (χ0n) is 18.6. The Balaban J connectivity index is 1.59. The third kappa shape index (κ3) is 5.88. The Hall–Kier alpha value is -2.94. The van der Waals surface area contributed by atoms with E-state index in [4.69, 9.17) is 25.0 Å². The Kier molecular flexibility index (Phi) is 7.41. The first-order chi connectivity index (χ1) is 17.0. The maximum atomic E-state index is 13.0. The average Bonchev–Trinajstić information content (AvgIpc) is 3.40. The van der Waals surface area contributed by atoms with Crippen LogP contribution in [-0.2, 0) is 27.4 Å². The molecular formula is C18H22N6O10P2. The third-order valence-electron chi connectivity index (χ3n) is 5.11. The molecule has 1 fully saturated rings. The molecule has 2 aromatic heterocycles. The minimum Gasteiger partial charge on any atom is -0.454 e. The third-order valence-corrected chi connectivity index (χ3v) is 7.27. The summed E-state index contributed by atoms with van der Waals surface area (Å²) in [7, 11) is -8.76. The normalized spacial score (nSPS) is 21.8. The molecule has 0 aliphatic carbocycles. The minimum absolute atomic E-state index is 0.0196. The first-order valence-corrected chi connectivity index (χ1v) is 13.3. The molecule has 1 aliphatic heterocycles. The number of nitrogens with zero attached hydrogens (tertiary/aromatic N) is 4. The number of anilines is 2. The Morgan fingerprint density at radius 1 is 1.25 bits per heavy atom. The fourth-order valence-corrected chi connectivity index (χ4v) is 5.26. The van der Waals surface area contributed by atoms with Gasteiger partial charge in [0.2, 0.25) is 0 Å². The number of carbonyl (C=O) groups excluding carboxylic acids is 1. The smallest absolute Gasteiger partial charge is 0.454 e. The molecule has 4 rings (SSSR count). The Bertz CT molecular complexity index is 1360. The molecule has 36 heavy (non-hydrogen) atoms. The molecule has 4 atom stereocenters. The minimum atomic E-state index is -5.30. The summed E-state index contributed by atoms with van der Waals surface area (Å²) in [5.74, 6) is -0.555. The number of nitrogen functional groups attached to an aromatic ring is 1. The van der Waals surface area contributed by atoms with Crippen molar-refractivity contribution < 1.29 is 46.9 Å². The molecule has 3 aromatic rings. The number of carbonyl (C=O) groups is 1. The van der Waals surface area contributed by atoms with E-state index in [-0.39, 0.29) is 29.0 Å². The number of nitrogens with two attached hydrogens (primary N) is 1. The van der Waals surface area contributed by atoms with E-state index >= 15 is 0 Å². The van der Waals surface area contributed by atoms with E-state index in [2.05, 4.69) is 29.1 Å². The highest BCUT2D eigenvalue weighted by Crippen LogP contribution is 2.57. The molecule has 0 radical (unpaired) electrons. The Morgan fingerprint density at radius 2 is 2.00 bits per heavy atom. The van der Waals surface area contributed by atoms with Gasteiger partial charge in [-0.2, -0.15) is 4.31 Å². The number of hydrogen-bond acceptors (Lipinski definition) is 12. The summed E-state index contributed by atoms with van der Waals surface area (Å²) in [6.07, 6.45) is -0.356. The summed E-state index contributed by atoms with van der Waals surface area (Å²) in [5, 5.41) is 2.90. The lowest BCUT2D eigenvalue weighted by Crippen LogP contribution is -2.26. The molecule has 1 aliphatic rings. The van der Waals surface area contributed by atoms with Crippen molar-refractivity contribution >= 4 is 44.3 Å². The highest BCUT2D eigenvalue weighted by molar-refractivity contribution is 7.60. The second-order valence-electron chi connectivity index (χ2n) is 7.54. The molecule has 0 saturated carbocycles. The number of ether oxygens (including phenoxy) is 2. The highest BCUT2D eigenvalue weighted by atomic mass is 31.3. The molecule has 194 valence electrons. The van der Waals surface area contributed by atoms with Gasteiger partial charge in [0.1, 0.15) is 17.9 Å². The van der Waals surface area contributed by atoms with Gasteiger partial charge < -0.3 is 35.2 Å². The molecule has 1 unspecified atom stereocenters. The molecule has 0 bridgehead atoms. The summed E-state index contributed by atoms with van der Waals surface area (Å²) in [6, 6.07) is 6.67. The average molecular weight is 544 g/mol. The quantitative estimate of drug-likeness (QED) is 0.188. The lowest BCUT2D eigenvalue weighted by Gasteiger charge is -2.21. The van der Waals surface area contributed by atoms with Crippen LogP contribution in [0, 0.1) is 0 Å². The lowest BCUT2D eigenvalue weighted by atomic mass is 10.1. The fraction of sp³-hybridized carbons (Fsp3) is 0.333. The molecule has 0 amide bonds. The number of imidazole rings is 1. The number of nitrogens with one attached hydrogen (secondary N) is 1. The zero-order valence-corrected chi connectivity index (χ0v) is 20.4. The summed E-state index contributed by atoms with van der Waals surface area (Å²) >= 11 is 0. The summed E-state index contributed by atoms with van der Waals surface area (Å²) in [5.41, 5.74) is 7.20. The first kappa shape index (κ1) is 26.1. The van der Waals surface area contributed by atoms with Gasteiger partial charge in [-0.25, -0.2) is 28.9 Å². The van der Waals surface area contributed by atoms with E-state index in [1.165, 1.54) is 17.2 Å². The van der Waals surface area contributed by atoms with Crippen LogP contribution in [0.3, 0.4) is 0 Å². The van der Waals surface area contributed by atoms with Crippen LogP contribution in [0.5, 0.6) is 0 Å². The van der Waals surface area contributed by atoms with Crippen LogP contribution in [0.4, 0.5) is 11.5 Å². The number of aromatic nitrogens is 4. The molecule has 6 N–H and O–H groups in total. The zero-order chi connectivity index (χ0) is 26.1. The number of rotatable bonds is 9. The van der Waals surface area contributed by atoms with E-state index in [0.29, 0.717) is 5.69 Å². The molecule has 3 heterocycles. The largest absolute Gasteiger partial charge is 0.481 e. The van der Waals surface area contributed by atoms with Gasteiger partial charge in [0.15, 0.2) is 17.7 Å². The van der Waals surface area contributed by atoms with Gasteiger partial charge in [-0.3, -0.25) is 9.09 Å². The Morgan fingerprint density at radius 3 is 2.72 bits per heavy atom. The van der Waals surface area contributed by atoms with Crippen LogP contribution < -0.4 is 11.1 Å². The van der Waals surface area contributed by atoms with E-state index in [1.54, 1.807) is 31.3 Å². The number of esters is 1. The maximum Gasteiger partial charge on any atom is 0.481 e. The molecule has 16 nitrogen and oxygen atoms in total. The Labute approximate surface area is 203 Å². The van der Waals surface area contributed by atoms with Crippen molar-refractivity contribution in [1.29, 1.82) is 0 Å². The van der Waals surface area contributed by atoms with Crippen molar-refractivity contribution in [3.05, 3.63) is 42.5 Å². The predicted octanol–water partition coefficient (Wildman–Crippen LogP) is 1.19. The van der Waals surface area contributed by atoms with Crippen molar-refractivity contribution in [2.75, 3.05) is 24.7 Å². The summed E-state index contributed by atoms with van der Waals surface area (Å²) < 4.78 is 44.3. The summed E-state index contributed by atoms with van der Waals surface area (Å²) in [6.45, 7) is -0.616. The van der Waals surface area contributed by atoms with Gasteiger partial charge in [-0.15, -0.1) is 0 Å². The number of fused-ring (bicyclic) bond motifs is 1. The summed E-state index contributed by atoms with van der Waals surface area (Å²) in [4.78, 5) is 52.3. The molecule has 18 heteroatoms. The lowest BCUT2D eigenvalue weighted by molar-refractivity contribution is -0.0556. The van der Waals surface area contributed by atoms with Crippen molar-refractivity contribution in [3.63, 3.8) is 0 Å². The molecular weight excluding hydrogens is 522 g/mol. The molecule has 0 spiro atoms. The van der Waals surface area contributed by atoms with Crippen LogP contribution in [0.2, 0.25) is 0 Å². The monoisotopic (exact) mass is 544 g/mol. The topological polar surface area (TPSA) is 230 Å². The van der Waals surface area contributed by atoms with Crippen LogP contribution >= 0.6 is 15.6 Å². The van der Waals surface area contributed by atoms with Gasteiger partial charge in [0.25, 0.3) is 0 Å². The highest BCUT2D eigenvalue weighted by Gasteiger charge is 2.42. The van der Waals surface area contributed by atoms with Crippen molar-refractivity contribution in [3.8, 4) is 0 Å². The van der Waals surface area contributed by atoms with Crippen molar-refractivity contribution in [1.82, 2.24) is 19.5 Å². The number of hydrogen-bond donors (Lipinski definition) is 5. The van der Waals surface area contributed by atoms with Crippen molar-refractivity contribution in [2.24, 2.45) is 0 Å². The van der Waals surface area contributed by atoms with Gasteiger partial charge in [-0.05, 0) is 12.1 Å². The van der Waals surface area contributed by atoms with Crippen LogP contribution in [0.15, 0.2) is 36.9 Å². The van der Waals surface area contributed by atoms with Crippen LogP contribution in [0.25, 0.3) is 11.2 Å². The van der Waals surface area contributed by atoms with E-state index in [1.807, 2.05) is 0 Å². The predicted molar refractivity (Wildman–Crippen MR) is 122 cm³/mol.